The molecule has 7 nitrogen and oxygen atoms in total. The second-order valence-electron chi connectivity index (χ2n) is 6.03. The molecule has 1 N–H and O–H groups in total. The van der Waals surface area contributed by atoms with Crippen molar-refractivity contribution in [2.75, 3.05) is 13.7 Å². The van der Waals surface area contributed by atoms with Crippen LogP contribution in [0.25, 0.3) is 0 Å². The molecule has 158 valence electrons. The number of halogens is 4. The number of benzene rings is 1. The fourth-order valence-corrected chi connectivity index (χ4v) is 2.72. The third kappa shape index (κ3) is 4.82. The first-order valence-corrected chi connectivity index (χ1v) is 9.03. The minimum absolute atomic E-state index is 0.0964. The molecule has 0 amide bonds. The first-order valence-electron chi connectivity index (χ1n) is 8.65. The topological polar surface area (TPSA) is 76.0 Å². The zero-order valence-corrected chi connectivity index (χ0v) is 16.6. The first kappa shape index (κ1) is 21.4. The standard InChI is InChI=1S/C19H16ClF3N4O3/c1-3-29-18(28)15-17(30-14-8-13(20)9-24-10-14)25-16(27(2)26-15)11-5-4-6-12(7-11)19(21,22)23/h4-10,26H,3H2,1-2H3. The van der Waals surface area contributed by atoms with Crippen LogP contribution in [0, 0.1) is 0 Å². The summed E-state index contributed by atoms with van der Waals surface area (Å²) in [6.45, 7) is 1.73. The van der Waals surface area contributed by atoms with Crippen molar-refractivity contribution >= 4 is 23.4 Å². The SMILES string of the molecule is CCOC(=O)C1=C(Oc2cncc(Cl)c2)N=C(c2cccc(C(F)(F)F)c2)N(C)N1. The van der Waals surface area contributed by atoms with Crippen molar-refractivity contribution in [3.8, 4) is 5.75 Å². The summed E-state index contributed by atoms with van der Waals surface area (Å²) in [6, 6.07) is 6.07. The number of carbonyl (C=O) groups is 1. The van der Waals surface area contributed by atoms with E-state index in [1.54, 1.807) is 6.92 Å². The smallest absolute Gasteiger partial charge is 0.416 e. The van der Waals surface area contributed by atoms with Gasteiger partial charge in [0.1, 0.15) is 5.75 Å². The van der Waals surface area contributed by atoms with E-state index in [2.05, 4.69) is 15.4 Å². The lowest BCUT2D eigenvalue weighted by atomic mass is 10.1. The highest BCUT2D eigenvalue weighted by atomic mass is 35.5. The number of aromatic nitrogens is 1. The van der Waals surface area contributed by atoms with Crippen molar-refractivity contribution < 1.29 is 27.4 Å². The summed E-state index contributed by atoms with van der Waals surface area (Å²) in [7, 11) is 1.50. The molecule has 0 atom stereocenters. The van der Waals surface area contributed by atoms with Gasteiger partial charge < -0.3 is 9.47 Å². The van der Waals surface area contributed by atoms with Crippen molar-refractivity contribution in [2.45, 2.75) is 13.1 Å². The van der Waals surface area contributed by atoms with Crippen molar-refractivity contribution in [1.82, 2.24) is 15.4 Å². The van der Waals surface area contributed by atoms with E-state index in [0.717, 1.165) is 12.1 Å². The summed E-state index contributed by atoms with van der Waals surface area (Å²) in [5.41, 5.74) is 1.94. The molecule has 1 aromatic carbocycles. The fourth-order valence-electron chi connectivity index (χ4n) is 2.56. The molecule has 11 heteroatoms. The number of carbonyl (C=O) groups excluding carboxylic acids is 1. The molecule has 0 fully saturated rings. The molecule has 0 spiro atoms. The third-order valence-electron chi connectivity index (χ3n) is 3.84. The van der Waals surface area contributed by atoms with Crippen molar-refractivity contribution in [2.24, 2.45) is 4.99 Å². The van der Waals surface area contributed by atoms with E-state index in [0.29, 0.717) is 0 Å². The number of ether oxygens (including phenoxy) is 2. The third-order valence-corrected chi connectivity index (χ3v) is 4.05. The summed E-state index contributed by atoms with van der Waals surface area (Å²) in [4.78, 5) is 20.5. The number of amidine groups is 1. The van der Waals surface area contributed by atoms with Gasteiger partial charge in [-0.2, -0.15) is 18.2 Å². The second kappa shape index (κ2) is 8.62. The number of pyridine rings is 1. The van der Waals surface area contributed by atoms with Gasteiger partial charge in [-0.25, -0.2) is 4.79 Å². The molecule has 1 aromatic heterocycles. The van der Waals surface area contributed by atoms with Gasteiger partial charge in [-0.15, -0.1) is 0 Å². The van der Waals surface area contributed by atoms with E-state index in [4.69, 9.17) is 21.1 Å². The van der Waals surface area contributed by atoms with Crippen LogP contribution in [0.15, 0.2) is 59.3 Å². The van der Waals surface area contributed by atoms with Crippen molar-refractivity contribution in [1.29, 1.82) is 0 Å². The number of hydrazine groups is 1. The number of esters is 1. The normalized spacial score (nSPS) is 14.2. The predicted octanol–water partition coefficient (Wildman–Crippen LogP) is 3.76. The molecule has 0 bridgehead atoms. The van der Waals surface area contributed by atoms with Crippen LogP contribution in [-0.2, 0) is 15.7 Å². The Kier molecular flexibility index (Phi) is 6.16. The zero-order chi connectivity index (χ0) is 21.9. The Hall–Kier alpha value is -3.27. The number of nitrogens with zero attached hydrogens (tertiary/aromatic N) is 3. The van der Waals surface area contributed by atoms with Gasteiger partial charge in [-0.1, -0.05) is 23.7 Å². The lowest BCUT2D eigenvalue weighted by Crippen LogP contribution is -2.45. The van der Waals surface area contributed by atoms with Gasteiger partial charge in [-0.05, 0) is 19.1 Å². The molecule has 3 rings (SSSR count). The van der Waals surface area contributed by atoms with Crippen LogP contribution in [-0.4, -0.2) is 35.5 Å². The summed E-state index contributed by atoms with van der Waals surface area (Å²) >= 11 is 5.90. The lowest BCUT2D eigenvalue weighted by Gasteiger charge is -2.29. The maximum absolute atomic E-state index is 13.1. The van der Waals surface area contributed by atoms with Gasteiger partial charge >= 0.3 is 12.1 Å². The second-order valence-corrected chi connectivity index (χ2v) is 6.46. The van der Waals surface area contributed by atoms with E-state index in [-0.39, 0.29) is 40.4 Å². The van der Waals surface area contributed by atoms with Crippen LogP contribution in [0.1, 0.15) is 18.1 Å². The molecule has 30 heavy (non-hydrogen) atoms. The summed E-state index contributed by atoms with van der Waals surface area (Å²) in [5.74, 6) is -0.680. The average Bonchev–Trinajstić information content (AvgIpc) is 2.68. The largest absolute Gasteiger partial charge is 0.461 e. The highest BCUT2D eigenvalue weighted by Crippen LogP contribution is 2.30. The van der Waals surface area contributed by atoms with E-state index >= 15 is 0 Å². The number of nitrogens with one attached hydrogen (secondary N) is 1. The molecular weight excluding hydrogens is 425 g/mol. The first-order chi connectivity index (χ1) is 14.2. The van der Waals surface area contributed by atoms with E-state index in [9.17, 15) is 18.0 Å². The predicted molar refractivity (Wildman–Crippen MR) is 102 cm³/mol. The minimum Gasteiger partial charge on any atom is -0.461 e. The molecule has 0 aliphatic carbocycles. The Balaban J connectivity index is 2.07. The van der Waals surface area contributed by atoms with Crippen molar-refractivity contribution in [3.05, 3.63) is 70.5 Å². The Morgan fingerprint density at radius 2 is 2.03 bits per heavy atom. The maximum atomic E-state index is 13.1. The molecule has 1 aliphatic heterocycles. The number of hydrogen-bond donors (Lipinski definition) is 1. The summed E-state index contributed by atoms with van der Waals surface area (Å²) in [6.07, 6.45) is -1.78. The molecule has 1 aliphatic rings. The Labute approximate surface area is 174 Å². The van der Waals surface area contributed by atoms with E-state index < -0.39 is 17.7 Å². The molecule has 2 aromatic rings. The minimum atomic E-state index is -4.52. The van der Waals surface area contributed by atoms with Gasteiger partial charge in [0.15, 0.2) is 5.84 Å². The van der Waals surface area contributed by atoms with E-state index in [1.807, 2.05) is 0 Å². The monoisotopic (exact) mass is 440 g/mol. The van der Waals surface area contributed by atoms with Crippen LogP contribution in [0.4, 0.5) is 13.2 Å². The molecule has 2 heterocycles. The van der Waals surface area contributed by atoms with Crippen LogP contribution in [0.2, 0.25) is 5.02 Å². The number of alkyl halides is 3. The van der Waals surface area contributed by atoms with Gasteiger partial charge in [0.05, 0.1) is 23.4 Å². The maximum Gasteiger partial charge on any atom is 0.416 e. The van der Waals surface area contributed by atoms with Crippen LogP contribution < -0.4 is 10.2 Å². The summed E-state index contributed by atoms with van der Waals surface area (Å²) < 4.78 is 50.0. The van der Waals surface area contributed by atoms with Gasteiger partial charge in [0.2, 0.25) is 5.70 Å². The van der Waals surface area contributed by atoms with Gasteiger partial charge in [0, 0.05) is 24.9 Å². The average molecular weight is 441 g/mol. The van der Waals surface area contributed by atoms with Crippen LogP contribution in [0.3, 0.4) is 0 Å². The Morgan fingerprint density at radius 1 is 1.27 bits per heavy atom. The molecular formula is C19H16ClF3N4O3. The number of rotatable bonds is 5. The molecule has 0 radical (unpaired) electrons. The Morgan fingerprint density at radius 3 is 2.70 bits per heavy atom. The van der Waals surface area contributed by atoms with Crippen molar-refractivity contribution in [3.63, 3.8) is 0 Å². The number of hydrogen-bond acceptors (Lipinski definition) is 7. The highest BCUT2D eigenvalue weighted by Gasteiger charge is 2.32. The zero-order valence-electron chi connectivity index (χ0n) is 15.8. The fraction of sp³-hybridized carbons (Fsp3) is 0.211. The van der Waals surface area contributed by atoms with Crippen LogP contribution in [0.5, 0.6) is 5.75 Å². The van der Waals surface area contributed by atoms with Crippen LogP contribution >= 0.6 is 11.6 Å². The highest BCUT2D eigenvalue weighted by molar-refractivity contribution is 6.30. The Bertz CT molecular complexity index is 1020. The van der Waals surface area contributed by atoms with E-state index in [1.165, 1.54) is 42.6 Å². The molecule has 0 saturated heterocycles. The van der Waals surface area contributed by atoms with Gasteiger partial charge in [0.25, 0.3) is 5.88 Å². The lowest BCUT2D eigenvalue weighted by molar-refractivity contribution is -0.139. The van der Waals surface area contributed by atoms with Gasteiger partial charge in [-0.3, -0.25) is 15.4 Å². The summed E-state index contributed by atoms with van der Waals surface area (Å²) in [5, 5.41) is 1.58. The molecule has 0 saturated carbocycles. The number of aliphatic imine (C=N–C) groups is 1. The quantitative estimate of drug-likeness (QED) is 0.713. The molecule has 0 unspecified atom stereocenters.